The molecule has 0 bridgehead atoms. The van der Waals surface area contributed by atoms with Gasteiger partial charge < -0.3 is 8.83 Å². The Labute approximate surface area is 307 Å². The first-order valence-electron chi connectivity index (χ1n) is 18.5. The number of nitrogens with zero attached hydrogens (tertiary/aromatic N) is 2. The lowest BCUT2D eigenvalue weighted by Gasteiger charge is -2.23. The van der Waals surface area contributed by atoms with Gasteiger partial charge in [0.1, 0.15) is 28.2 Å². The van der Waals surface area contributed by atoms with Gasteiger partial charge in [0.2, 0.25) is 0 Å². The summed E-state index contributed by atoms with van der Waals surface area (Å²) in [6.45, 7) is 9.13. The molecular formula is C49H38N2O2. The van der Waals surface area contributed by atoms with Crippen LogP contribution < -0.4 is 0 Å². The predicted molar refractivity (Wildman–Crippen MR) is 220 cm³/mol. The van der Waals surface area contributed by atoms with Gasteiger partial charge in [-0.1, -0.05) is 125 Å². The maximum atomic E-state index is 6.84. The highest BCUT2D eigenvalue weighted by Crippen LogP contribution is 2.46. The Hall–Kier alpha value is -6.39. The molecule has 4 nitrogen and oxygen atoms in total. The Morgan fingerprint density at radius 2 is 1.15 bits per heavy atom. The summed E-state index contributed by atoms with van der Waals surface area (Å²) in [6, 6.07) is 51.3. The molecule has 0 aliphatic rings. The first-order chi connectivity index (χ1) is 25.9. The summed E-state index contributed by atoms with van der Waals surface area (Å²) in [7, 11) is 0. The van der Waals surface area contributed by atoms with E-state index in [9.17, 15) is 0 Å². The molecule has 3 aromatic heterocycles. The fourth-order valence-corrected chi connectivity index (χ4v) is 8.26. The number of para-hydroxylation sites is 3. The highest BCUT2D eigenvalue weighted by Gasteiger charge is 2.28. The van der Waals surface area contributed by atoms with Crippen molar-refractivity contribution in [1.82, 2.24) is 9.55 Å². The average molecular weight is 687 g/mol. The number of hydrogen-bond donors (Lipinski definition) is 0. The molecule has 0 aliphatic carbocycles. The third-order valence-electron chi connectivity index (χ3n) is 10.7. The van der Waals surface area contributed by atoms with E-state index in [1.54, 1.807) is 0 Å². The van der Waals surface area contributed by atoms with Crippen molar-refractivity contribution in [3.8, 4) is 39.3 Å². The summed E-state index contributed by atoms with van der Waals surface area (Å²) in [4.78, 5) is 5.40. The van der Waals surface area contributed by atoms with Crippen molar-refractivity contribution in [3.63, 3.8) is 0 Å². The summed E-state index contributed by atoms with van der Waals surface area (Å²) >= 11 is 0. The van der Waals surface area contributed by atoms with Crippen molar-refractivity contribution in [1.29, 1.82) is 0 Å². The molecule has 0 amide bonds. The second-order valence-corrected chi connectivity index (χ2v) is 14.7. The third kappa shape index (κ3) is 4.93. The van der Waals surface area contributed by atoms with Gasteiger partial charge in [-0.05, 0) is 93.7 Å². The Balaban J connectivity index is 1.27. The minimum Gasteiger partial charge on any atom is -0.456 e. The average Bonchev–Trinajstić information content (AvgIpc) is 3.88. The van der Waals surface area contributed by atoms with Crippen LogP contribution in [0.25, 0.3) is 94.2 Å². The molecule has 10 aromatic rings. The van der Waals surface area contributed by atoms with Crippen molar-refractivity contribution in [2.75, 3.05) is 0 Å². The quantitative estimate of drug-likeness (QED) is 0.175. The standard InChI is InChI=1S/C49H38N2O2/c1-29(2)39-28-44-46(37-25-23-34(27-43(37)52-44)32-16-9-6-10-17-32)45(30(3)4)47(39)51-41-21-12-11-20-40(41)50-49(51)38-19-13-18-36-35-24-22-33(26-42(35)53-48(36)38)31-14-7-5-8-15-31/h5-30H,1-4H3. The van der Waals surface area contributed by atoms with Gasteiger partial charge in [0.25, 0.3) is 0 Å². The van der Waals surface area contributed by atoms with Gasteiger partial charge >= 0.3 is 0 Å². The SMILES string of the molecule is CC(C)c1cc2oc3cc(-c4ccccc4)ccc3c2c(C(C)C)c1-n1c(-c2cccc3c2oc2cc(-c4ccccc4)ccc23)nc2ccccc21. The molecule has 0 unspecified atom stereocenters. The molecule has 0 aliphatic heterocycles. The fraction of sp³-hybridized carbons (Fsp3) is 0.122. The highest BCUT2D eigenvalue weighted by atomic mass is 16.3. The minimum absolute atomic E-state index is 0.188. The van der Waals surface area contributed by atoms with E-state index < -0.39 is 0 Å². The number of benzene rings is 7. The van der Waals surface area contributed by atoms with Crippen molar-refractivity contribution >= 4 is 54.9 Å². The van der Waals surface area contributed by atoms with E-state index in [4.69, 9.17) is 13.8 Å². The molecule has 0 N–H and O–H groups in total. The number of hydrogen-bond acceptors (Lipinski definition) is 3. The first-order valence-corrected chi connectivity index (χ1v) is 18.5. The number of imidazole rings is 1. The van der Waals surface area contributed by atoms with Crippen molar-refractivity contribution in [3.05, 3.63) is 157 Å². The number of aromatic nitrogens is 2. The molecule has 0 fully saturated rings. The van der Waals surface area contributed by atoms with Crippen LogP contribution in [-0.4, -0.2) is 9.55 Å². The monoisotopic (exact) mass is 686 g/mol. The molecule has 10 rings (SSSR count). The fourth-order valence-electron chi connectivity index (χ4n) is 8.26. The number of fused-ring (bicyclic) bond motifs is 7. The zero-order valence-electron chi connectivity index (χ0n) is 30.2. The van der Waals surface area contributed by atoms with Crippen LogP contribution in [0.15, 0.2) is 154 Å². The van der Waals surface area contributed by atoms with Crippen molar-refractivity contribution in [2.24, 2.45) is 0 Å². The molecule has 0 saturated carbocycles. The van der Waals surface area contributed by atoms with E-state index >= 15 is 0 Å². The molecule has 256 valence electrons. The zero-order chi connectivity index (χ0) is 35.8. The van der Waals surface area contributed by atoms with Crippen LogP contribution in [0.4, 0.5) is 0 Å². The summed E-state index contributed by atoms with van der Waals surface area (Å²) in [5.41, 5.74) is 14.7. The van der Waals surface area contributed by atoms with Crippen LogP contribution in [0.2, 0.25) is 0 Å². The molecular weight excluding hydrogens is 649 g/mol. The molecule has 0 radical (unpaired) electrons. The molecule has 53 heavy (non-hydrogen) atoms. The lowest BCUT2D eigenvalue weighted by molar-refractivity contribution is 0.665. The van der Waals surface area contributed by atoms with E-state index in [0.717, 1.165) is 83.0 Å². The van der Waals surface area contributed by atoms with Crippen molar-refractivity contribution < 1.29 is 8.83 Å². The molecule has 0 saturated heterocycles. The third-order valence-corrected chi connectivity index (χ3v) is 10.7. The highest BCUT2D eigenvalue weighted by molar-refractivity contribution is 6.12. The Morgan fingerprint density at radius 3 is 1.83 bits per heavy atom. The summed E-state index contributed by atoms with van der Waals surface area (Å²) in [5, 5.41) is 4.46. The maximum Gasteiger partial charge on any atom is 0.149 e. The van der Waals surface area contributed by atoms with Gasteiger partial charge in [-0.15, -0.1) is 0 Å². The normalized spacial score (nSPS) is 12.1. The Bertz CT molecular complexity index is 3000. The summed E-state index contributed by atoms with van der Waals surface area (Å²) < 4.78 is 16.0. The maximum absolute atomic E-state index is 6.84. The second kappa shape index (κ2) is 12.1. The molecule has 0 atom stereocenters. The smallest absolute Gasteiger partial charge is 0.149 e. The minimum atomic E-state index is 0.188. The van der Waals surface area contributed by atoms with Crippen LogP contribution in [0, 0.1) is 0 Å². The number of furan rings is 2. The summed E-state index contributed by atoms with van der Waals surface area (Å²) in [5.74, 6) is 1.27. The van der Waals surface area contributed by atoms with Crippen LogP contribution in [0.1, 0.15) is 50.7 Å². The van der Waals surface area contributed by atoms with Crippen LogP contribution >= 0.6 is 0 Å². The van der Waals surface area contributed by atoms with Gasteiger partial charge in [-0.2, -0.15) is 0 Å². The first kappa shape index (κ1) is 31.4. The zero-order valence-corrected chi connectivity index (χ0v) is 30.2. The van der Waals surface area contributed by atoms with Gasteiger partial charge in [-0.25, -0.2) is 4.98 Å². The molecule has 4 heteroatoms. The number of rotatable bonds is 6. The molecule has 3 heterocycles. The van der Waals surface area contributed by atoms with Gasteiger partial charge in [-0.3, -0.25) is 4.57 Å². The molecule has 7 aromatic carbocycles. The lowest BCUT2D eigenvalue weighted by Crippen LogP contribution is -2.09. The van der Waals surface area contributed by atoms with E-state index in [2.05, 4.69) is 172 Å². The summed E-state index contributed by atoms with van der Waals surface area (Å²) in [6.07, 6.45) is 0. The van der Waals surface area contributed by atoms with Gasteiger partial charge in [0.15, 0.2) is 0 Å². The van der Waals surface area contributed by atoms with E-state index in [0.29, 0.717) is 0 Å². The Morgan fingerprint density at radius 1 is 0.509 bits per heavy atom. The largest absolute Gasteiger partial charge is 0.456 e. The predicted octanol–water partition coefficient (Wildman–Crippen LogP) is 14.1. The van der Waals surface area contributed by atoms with Crippen molar-refractivity contribution in [2.45, 2.75) is 39.5 Å². The van der Waals surface area contributed by atoms with E-state index in [-0.39, 0.29) is 11.8 Å². The van der Waals surface area contributed by atoms with Gasteiger partial charge in [0.05, 0.1) is 22.3 Å². The van der Waals surface area contributed by atoms with Crippen LogP contribution in [0.5, 0.6) is 0 Å². The van der Waals surface area contributed by atoms with Gasteiger partial charge in [0, 0.05) is 21.5 Å². The molecule has 0 spiro atoms. The van der Waals surface area contributed by atoms with E-state index in [1.807, 2.05) is 6.07 Å². The van der Waals surface area contributed by atoms with Crippen LogP contribution in [0.3, 0.4) is 0 Å². The lowest BCUT2D eigenvalue weighted by atomic mass is 9.88. The van der Waals surface area contributed by atoms with Crippen LogP contribution in [-0.2, 0) is 0 Å². The topological polar surface area (TPSA) is 44.1 Å². The Kier molecular flexibility index (Phi) is 7.16. The van der Waals surface area contributed by atoms with E-state index in [1.165, 1.54) is 22.4 Å². The second-order valence-electron chi connectivity index (χ2n) is 14.7.